The quantitative estimate of drug-likeness (QED) is 0.532. The Morgan fingerprint density at radius 1 is 1.14 bits per heavy atom. The van der Waals surface area contributed by atoms with Gasteiger partial charge in [0.25, 0.3) is 5.91 Å². The van der Waals surface area contributed by atoms with Crippen LogP contribution in [0, 0.1) is 17.1 Å². The second-order valence-electron chi connectivity index (χ2n) is 6.30. The van der Waals surface area contributed by atoms with Gasteiger partial charge < -0.3 is 10.1 Å². The molecule has 3 aromatic carbocycles. The summed E-state index contributed by atoms with van der Waals surface area (Å²) in [6.45, 7) is 0.240. The number of nitrogens with one attached hydrogen (secondary N) is 2. The fraction of sp³-hybridized carbons (Fsp3) is 0.0455. The van der Waals surface area contributed by atoms with E-state index in [-0.39, 0.29) is 6.61 Å². The highest BCUT2D eigenvalue weighted by Gasteiger charge is 2.12. The van der Waals surface area contributed by atoms with Crippen molar-refractivity contribution in [1.29, 1.82) is 5.26 Å². The van der Waals surface area contributed by atoms with Crippen LogP contribution in [0.4, 0.5) is 10.2 Å². The van der Waals surface area contributed by atoms with Crippen molar-refractivity contribution in [2.75, 3.05) is 5.32 Å². The summed E-state index contributed by atoms with van der Waals surface area (Å²) in [5.74, 6) is 0.111. The first kappa shape index (κ1) is 18.2. The van der Waals surface area contributed by atoms with Gasteiger partial charge in [0.1, 0.15) is 18.2 Å². The monoisotopic (exact) mass is 386 g/mol. The van der Waals surface area contributed by atoms with Crippen molar-refractivity contribution in [1.82, 2.24) is 10.2 Å². The van der Waals surface area contributed by atoms with E-state index in [1.807, 2.05) is 12.1 Å². The standard InChI is InChI=1S/C22H15FN4O2/c23-17-7-5-14(6-8-17)22(28)25-21-19-11-18(9-10-20(19)26-27-21)29-13-16-4-2-1-3-15(16)12-24/h1-11H,13H2,(H2,25,26,27,28). The maximum atomic E-state index is 13.0. The van der Waals surface area contributed by atoms with E-state index in [4.69, 9.17) is 4.74 Å². The smallest absolute Gasteiger partial charge is 0.256 e. The number of anilines is 1. The molecule has 142 valence electrons. The second kappa shape index (κ2) is 7.82. The Bertz CT molecular complexity index is 1230. The predicted octanol–water partition coefficient (Wildman–Crippen LogP) is 4.40. The Hall–Kier alpha value is -4.18. The Balaban J connectivity index is 1.54. The summed E-state index contributed by atoms with van der Waals surface area (Å²) in [4.78, 5) is 12.4. The highest BCUT2D eigenvalue weighted by atomic mass is 19.1. The molecule has 0 aliphatic heterocycles. The van der Waals surface area contributed by atoms with Crippen LogP contribution in [-0.2, 0) is 6.61 Å². The number of hydrogen-bond donors (Lipinski definition) is 2. The van der Waals surface area contributed by atoms with Crippen molar-refractivity contribution < 1.29 is 13.9 Å². The van der Waals surface area contributed by atoms with Gasteiger partial charge in [-0.3, -0.25) is 9.89 Å². The van der Waals surface area contributed by atoms with Gasteiger partial charge >= 0.3 is 0 Å². The van der Waals surface area contributed by atoms with Gasteiger partial charge in [-0.25, -0.2) is 4.39 Å². The van der Waals surface area contributed by atoms with Gasteiger partial charge in [0, 0.05) is 16.5 Å². The molecule has 7 heteroatoms. The maximum absolute atomic E-state index is 13.0. The number of fused-ring (bicyclic) bond motifs is 1. The minimum atomic E-state index is -0.411. The first-order chi connectivity index (χ1) is 14.1. The summed E-state index contributed by atoms with van der Waals surface area (Å²) in [7, 11) is 0. The topological polar surface area (TPSA) is 90.8 Å². The first-order valence-electron chi connectivity index (χ1n) is 8.80. The van der Waals surface area contributed by atoms with E-state index >= 15 is 0 Å². The molecule has 4 aromatic rings. The van der Waals surface area contributed by atoms with Crippen LogP contribution < -0.4 is 10.1 Å². The van der Waals surface area contributed by atoms with E-state index in [2.05, 4.69) is 21.6 Å². The summed E-state index contributed by atoms with van der Waals surface area (Å²) in [6, 6.07) is 20.0. The van der Waals surface area contributed by atoms with Gasteiger partial charge in [-0.1, -0.05) is 18.2 Å². The van der Waals surface area contributed by atoms with Crippen molar-refractivity contribution in [3.63, 3.8) is 0 Å². The third-order valence-corrected chi connectivity index (χ3v) is 4.40. The van der Waals surface area contributed by atoms with Gasteiger partial charge in [0.2, 0.25) is 0 Å². The van der Waals surface area contributed by atoms with Crippen molar-refractivity contribution in [2.45, 2.75) is 6.61 Å². The molecule has 4 rings (SSSR count). The fourth-order valence-corrected chi connectivity index (χ4v) is 2.88. The molecule has 2 N–H and O–H groups in total. The van der Waals surface area contributed by atoms with E-state index < -0.39 is 11.7 Å². The Kier molecular flexibility index (Phi) is 4.91. The number of rotatable bonds is 5. The van der Waals surface area contributed by atoms with E-state index in [0.29, 0.717) is 28.1 Å². The van der Waals surface area contributed by atoms with Crippen LogP contribution in [0.1, 0.15) is 21.5 Å². The van der Waals surface area contributed by atoms with E-state index in [9.17, 15) is 14.4 Å². The summed E-state index contributed by atoms with van der Waals surface area (Å²) >= 11 is 0. The molecular formula is C22H15FN4O2. The van der Waals surface area contributed by atoms with Gasteiger partial charge in [0.05, 0.1) is 17.1 Å². The number of carbonyl (C=O) groups is 1. The zero-order chi connectivity index (χ0) is 20.2. The van der Waals surface area contributed by atoms with Crippen LogP contribution in [0.15, 0.2) is 66.7 Å². The molecule has 0 atom stereocenters. The van der Waals surface area contributed by atoms with Crippen LogP contribution in [-0.4, -0.2) is 16.1 Å². The molecule has 0 saturated heterocycles. The molecule has 0 spiro atoms. The first-order valence-corrected chi connectivity index (χ1v) is 8.80. The molecular weight excluding hydrogens is 371 g/mol. The number of aromatic amines is 1. The fourth-order valence-electron chi connectivity index (χ4n) is 2.88. The lowest BCUT2D eigenvalue weighted by molar-refractivity contribution is 0.102. The number of nitriles is 1. The summed E-state index contributed by atoms with van der Waals surface area (Å²) in [5.41, 5.74) is 2.39. The van der Waals surface area contributed by atoms with Crippen LogP contribution >= 0.6 is 0 Å². The third kappa shape index (κ3) is 3.92. The molecule has 0 aliphatic rings. The Labute approximate surface area is 165 Å². The van der Waals surface area contributed by atoms with Crippen LogP contribution in [0.3, 0.4) is 0 Å². The van der Waals surface area contributed by atoms with Gasteiger partial charge in [0.15, 0.2) is 5.82 Å². The lowest BCUT2D eigenvalue weighted by Gasteiger charge is -2.08. The minimum absolute atomic E-state index is 0.240. The van der Waals surface area contributed by atoms with E-state index in [1.165, 1.54) is 24.3 Å². The largest absolute Gasteiger partial charge is 0.489 e. The van der Waals surface area contributed by atoms with Gasteiger partial charge in [-0.05, 0) is 48.5 Å². The number of nitrogens with zero attached hydrogens (tertiary/aromatic N) is 2. The van der Waals surface area contributed by atoms with Crippen molar-refractivity contribution in [2.24, 2.45) is 0 Å². The normalized spacial score (nSPS) is 10.5. The summed E-state index contributed by atoms with van der Waals surface area (Å²) < 4.78 is 18.9. The molecule has 1 amide bonds. The van der Waals surface area contributed by atoms with Crippen molar-refractivity contribution >= 4 is 22.6 Å². The summed E-state index contributed by atoms with van der Waals surface area (Å²) in [5, 5.41) is 19.6. The SMILES string of the molecule is N#Cc1ccccc1COc1ccc2[nH]nc(NC(=O)c3ccc(F)cc3)c2c1. The van der Waals surface area contributed by atoms with Gasteiger partial charge in [-0.15, -0.1) is 0 Å². The maximum Gasteiger partial charge on any atom is 0.256 e. The number of H-pyrrole nitrogens is 1. The lowest BCUT2D eigenvalue weighted by Crippen LogP contribution is -2.12. The van der Waals surface area contributed by atoms with Crippen molar-refractivity contribution in [3.05, 3.63) is 89.2 Å². The molecule has 0 fully saturated rings. The predicted molar refractivity (Wildman–Crippen MR) is 106 cm³/mol. The summed E-state index contributed by atoms with van der Waals surface area (Å²) in [6.07, 6.45) is 0. The highest BCUT2D eigenvalue weighted by molar-refractivity contribution is 6.07. The highest BCUT2D eigenvalue weighted by Crippen LogP contribution is 2.26. The number of hydrogen-bond acceptors (Lipinski definition) is 4. The molecule has 1 heterocycles. The number of ether oxygens (including phenoxy) is 1. The Morgan fingerprint density at radius 3 is 2.72 bits per heavy atom. The second-order valence-corrected chi connectivity index (χ2v) is 6.30. The number of carbonyl (C=O) groups excluding carboxylic acids is 1. The van der Waals surface area contributed by atoms with E-state index in [0.717, 1.165) is 11.1 Å². The molecule has 1 aromatic heterocycles. The Morgan fingerprint density at radius 2 is 1.93 bits per heavy atom. The average molecular weight is 386 g/mol. The number of amides is 1. The zero-order valence-electron chi connectivity index (χ0n) is 15.1. The average Bonchev–Trinajstić information content (AvgIpc) is 3.15. The van der Waals surface area contributed by atoms with Crippen molar-refractivity contribution in [3.8, 4) is 11.8 Å². The molecule has 0 saturated carbocycles. The third-order valence-electron chi connectivity index (χ3n) is 4.40. The number of aromatic nitrogens is 2. The molecule has 0 unspecified atom stereocenters. The van der Waals surface area contributed by atoms with Crippen LogP contribution in [0.25, 0.3) is 10.9 Å². The molecule has 6 nitrogen and oxygen atoms in total. The van der Waals surface area contributed by atoms with Gasteiger partial charge in [-0.2, -0.15) is 10.4 Å². The molecule has 0 aliphatic carbocycles. The number of halogens is 1. The van der Waals surface area contributed by atoms with E-state index in [1.54, 1.807) is 30.3 Å². The molecule has 0 radical (unpaired) electrons. The minimum Gasteiger partial charge on any atom is -0.489 e. The molecule has 29 heavy (non-hydrogen) atoms. The zero-order valence-corrected chi connectivity index (χ0v) is 15.1. The van der Waals surface area contributed by atoms with Crippen LogP contribution in [0.2, 0.25) is 0 Å². The molecule has 0 bridgehead atoms. The van der Waals surface area contributed by atoms with Crippen LogP contribution in [0.5, 0.6) is 5.75 Å². The lowest BCUT2D eigenvalue weighted by atomic mass is 10.1. The number of benzene rings is 3.